The van der Waals surface area contributed by atoms with Gasteiger partial charge < -0.3 is 20.1 Å². The fraction of sp³-hybridized carbons (Fsp3) is 0.458. The number of nitrogens with zero attached hydrogens (tertiary/aromatic N) is 1. The van der Waals surface area contributed by atoms with Crippen LogP contribution in [0.2, 0.25) is 0 Å². The van der Waals surface area contributed by atoms with Gasteiger partial charge in [-0.25, -0.2) is 4.39 Å². The average Bonchev–Trinajstić information content (AvgIpc) is 2.77. The Morgan fingerprint density at radius 2 is 1.70 bits per heavy atom. The number of nitrogens with two attached hydrogens (primary N) is 1. The highest BCUT2D eigenvalue weighted by atomic mass is 19.1. The Balaban J connectivity index is 1.43. The van der Waals surface area contributed by atoms with Crippen molar-refractivity contribution < 1.29 is 18.7 Å². The summed E-state index contributed by atoms with van der Waals surface area (Å²) in [5.41, 5.74) is 7.06. The topological polar surface area (TPSA) is 64.8 Å². The monoisotopic (exact) mass is 412 g/mol. The van der Waals surface area contributed by atoms with Gasteiger partial charge >= 0.3 is 0 Å². The van der Waals surface area contributed by atoms with Crippen molar-refractivity contribution in [1.82, 2.24) is 4.90 Å². The first-order chi connectivity index (χ1) is 14.6. The van der Waals surface area contributed by atoms with Crippen LogP contribution in [0.25, 0.3) is 0 Å². The van der Waals surface area contributed by atoms with Crippen LogP contribution < -0.4 is 10.5 Å². The summed E-state index contributed by atoms with van der Waals surface area (Å²) in [4.78, 5) is 14.8. The Bertz CT molecular complexity index is 869. The summed E-state index contributed by atoms with van der Waals surface area (Å²) in [5.74, 6) is 0.305. The molecule has 1 amide bonds. The van der Waals surface area contributed by atoms with Gasteiger partial charge in [0, 0.05) is 26.3 Å². The van der Waals surface area contributed by atoms with Gasteiger partial charge in [-0.15, -0.1) is 0 Å². The van der Waals surface area contributed by atoms with Crippen LogP contribution in [0.1, 0.15) is 41.6 Å². The Morgan fingerprint density at radius 1 is 1.03 bits per heavy atom. The van der Waals surface area contributed by atoms with Crippen molar-refractivity contribution in [2.24, 2.45) is 11.1 Å². The van der Waals surface area contributed by atoms with E-state index in [2.05, 4.69) is 0 Å². The molecular formula is C24H29FN2O3. The number of amides is 1. The number of hydrogen-bond donors (Lipinski definition) is 1. The van der Waals surface area contributed by atoms with Crippen LogP contribution in [0.4, 0.5) is 4.39 Å². The number of rotatable bonds is 5. The number of benzene rings is 2. The average molecular weight is 413 g/mol. The van der Waals surface area contributed by atoms with Gasteiger partial charge in [-0.2, -0.15) is 0 Å². The van der Waals surface area contributed by atoms with Crippen LogP contribution in [0.5, 0.6) is 11.5 Å². The van der Waals surface area contributed by atoms with Crippen molar-refractivity contribution >= 4 is 5.91 Å². The predicted octanol–water partition coefficient (Wildman–Crippen LogP) is 4.15. The number of likely N-dealkylation sites (tertiary alicyclic amines) is 1. The fourth-order valence-electron chi connectivity index (χ4n) is 4.42. The molecule has 0 unspecified atom stereocenters. The van der Waals surface area contributed by atoms with Crippen LogP contribution in [0, 0.1) is 11.2 Å². The Labute approximate surface area is 177 Å². The van der Waals surface area contributed by atoms with Gasteiger partial charge in [-0.1, -0.05) is 12.1 Å². The second-order valence-electron chi connectivity index (χ2n) is 8.33. The SMILES string of the molecule is NCCc1ccc(Oc2ccc(F)c(C(=O)N3CCC4(CCOCC4)CC3)c2)cc1. The minimum absolute atomic E-state index is 0.0650. The highest BCUT2D eigenvalue weighted by Crippen LogP contribution is 2.41. The molecule has 30 heavy (non-hydrogen) atoms. The molecule has 2 aromatic rings. The maximum absolute atomic E-state index is 14.5. The third-order valence-corrected chi connectivity index (χ3v) is 6.43. The maximum Gasteiger partial charge on any atom is 0.256 e. The van der Waals surface area contributed by atoms with Gasteiger partial charge in [-0.05, 0) is 80.0 Å². The van der Waals surface area contributed by atoms with Crippen LogP contribution in [-0.4, -0.2) is 43.7 Å². The summed E-state index contributed by atoms with van der Waals surface area (Å²) in [6, 6.07) is 12.0. The van der Waals surface area contributed by atoms with Crippen molar-refractivity contribution in [3.8, 4) is 11.5 Å². The number of halogens is 1. The predicted molar refractivity (Wildman–Crippen MR) is 113 cm³/mol. The molecule has 0 aliphatic carbocycles. The molecule has 0 aromatic heterocycles. The van der Waals surface area contributed by atoms with Crippen LogP contribution in [-0.2, 0) is 11.2 Å². The molecule has 2 N–H and O–H groups in total. The number of hydrogen-bond acceptors (Lipinski definition) is 4. The standard InChI is InChI=1S/C24H29FN2O3/c25-22-6-5-20(30-19-3-1-18(2-4-19)7-12-26)17-21(22)23(28)27-13-8-24(9-14-27)10-15-29-16-11-24/h1-6,17H,7-16,26H2. The molecule has 0 saturated carbocycles. The van der Waals surface area contributed by atoms with Crippen molar-refractivity contribution in [2.75, 3.05) is 32.8 Å². The second-order valence-corrected chi connectivity index (χ2v) is 8.33. The minimum Gasteiger partial charge on any atom is -0.457 e. The van der Waals surface area contributed by atoms with Crippen molar-refractivity contribution in [2.45, 2.75) is 32.1 Å². The smallest absolute Gasteiger partial charge is 0.256 e. The van der Waals surface area contributed by atoms with E-state index in [1.165, 1.54) is 12.1 Å². The zero-order valence-corrected chi connectivity index (χ0v) is 17.2. The van der Waals surface area contributed by atoms with E-state index in [-0.39, 0.29) is 16.9 Å². The van der Waals surface area contributed by atoms with Crippen LogP contribution in [0.15, 0.2) is 42.5 Å². The van der Waals surface area contributed by atoms with Crippen molar-refractivity contribution in [3.63, 3.8) is 0 Å². The lowest BCUT2D eigenvalue weighted by Crippen LogP contribution is -2.45. The third kappa shape index (κ3) is 4.65. The molecular weight excluding hydrogens is 383 g/mol. The first-order valence-corrected chi connectivity index (χ1v) is 10.7. The molecule has 1 spiro atoms. The van der Waals surface area contributed by atoms with Crippen molar-refractivity contribution in [1.29, 1.82) is 0 Å². The highest BCUT2D eigenvalue weighted by molar-refractivity contribution is 5.95. The van der Waals surface area contributed by atoms with Gasteiger partial charge in [-0.3, -0.25) is 4.79 Å². The van der Waals surface area contributed by atoms with E-state index in [0.717, 1.165) is 50.9 Å². The van der Waals surface area contributed by atoms with E-state index in [1.54, 1.807) is 11.0 Å². The molecule has 2 aliphatic rings. The van der Waals surface area contributed by atoms with E-state index < -0.39 is 5.82 Å². The third-order valence-electron chi connectivity index (χ3n) is 6.43. The highest BCUT2D eigenvalue weighted by Gasteiger charge is 2.37. The molecule has 6 heteroatoms. The van der Waals surface area contributed by atoms with Gasteiger partial charge in [0.1, 0.15) is 17.3 Å². The lowest BCUT2D eigenvalue weighted by atomic mass is 9.72. The van der Waals surface area contributed by atoms with Crippen LogP contribution >= 0.6 is 0 Å². The maximum atomic E-state index is 14.5. The molecule has 2 fully saturated rings. The van der Waals surface area contributed by atoms with Crippen molar-refractivity contribution in [3.05, 3.63) is 59.4 Å². The van der Waals surface area contributed by atoms with Gasteiger partial charge in [0.25, 0.3) is 5.91 Å². The molecule has 4 rings (SSSR count). The number of ether oxygens (including phenoxy) is 2. The Kier molecular flexibility index (Phi) is 6.35. The van der Waals surface area contributed by atoms with Gasteiger partial charge in [0.15, 0.2) is 0 Å². The Morgan fingerprint density at radius 3 is 2.37 bits per heavy atom. The first kappa shape index (κ1) is 20.8. The van der Waals surface area contributed by atoms with Gasteiger partial charge in [0.2, 0.25) is 0 Å². The summed E-state index contributed by atoms with van der Waals surface area (Å²) >= 11 is 0. The molecule has 2 heterocycles. The minimum atomic E-state index is -0.517. The molecule has 2 aromatic carbocycles. The summed E-state index contributed by atoms with van der Waals surface area (Å²) in [6.45, 7) is 3.51. The Hall–Kier alpha value is -2.44. The summed E-state index contributed by atoms with van der Waals surface area (Å²) in [7, 11) is 0. The molecule has 2 aliphatic heterocycles. The van der Waals surface area contributed by atoms with E-state index in [9.17, 15) is 9.18 Å². The second kappa shape index (κ2) is 9.14. The first-order valence-electron chi connectivity index (χ1n) is 10.7. The number of carbonyl (C=O) groups excluding carboxylic acids is 1. The number of carbonyl (C=O) groups is 1. The van der Waals surface area contributed by atoms with Gasteiger partial charge in [0.05, 0.1) is 5.56 Å². The summed E-state index contributed by atoms with van der Waals surface area (Å²) < 4.78 is 25.8. The zero-order valence-electron chi connectivity index (χ0n) is 17.2. The summed E-state index contributed by atoms with van der Waals surface area (Å²) in [5, 5.41) is 0. The largest absolute Gasteiger partial charge is 0.457 e. The fourth-order valence-corrected chi connectivity index (χ4v) is 4.42. The van der Waals surface area contributed by atoms with Crippen LogP contribution in [0.3, 0.4) is 0 Å². The molecule has 2 saturated heterocycles. The normalized spacial score (nSPS) is 18.4. The molecule has 5 nitrogen and oxygen atoms in total. The lowest BCUT2D eigenvalue weighted by molar-refractivity contribution is -0.0176. The molecule has 160 valence electrons. The molecule has 0 atom stereocenters. The van der Waals surface area contributed by atoms with E-state index in [0.29, 0.717) is 31.1 Å². The molecule has 0 radical (unpaired) electrons. The quantitative estimate of drug-likeness (QED) is 0.801. The van der Waals surface area contributed by atoms with E-state index in [4.69, 9.17) is 15.2 Å². The molecule has 0 bridgehead atoms. The number of piperidine rings is 1. The van der Waals surface area contributed by atoms with E-state index >= 15 is 0 Å². The summed E-state index contributed by atoms with van der Waals surface area (Å²) in [6.07, 6.45) is 4.82. The van der Waals surface area contributed by atoms with E-state index in [1.807, 2.05) is 24.3 Å². The zero-order chi connectivity index (χ0) is 21.0. The lowest BCUT2D eigenvalue weighted by Gasteiger charge is -2.44.